The Bertz CT molecular complexity index is 1320. The van der Waals surface area contributed by atoms with Gasteiger partial charge in [0.2, 0.25) is 5.88 Å². The number of nitrogens with one attached hydrogen (secondary N) is 2. The number of amides is 1. The third-order valence-corrected chi connectivity index (χ3v) is 6.95. The van der Waals surface area contributed by atoms with Crippen LogP contribution in [0.2, 0.25) is 0 Å². The van der Waals surface area contributed by atoms with Crippen molar-refractivity contribution in [1.82, 2.24) is 4.98 Å². The number of hydrogen-bond donors (Lipinski definition) is 2. The summed E-state index contributed by atoms with van der Waals surface area (Å²) in [5.41, 5.74) is 0.960. The van der Waals surface area contributed by atoms with Crippen molar-refractivity contribution in [2.24, 2.45) is 0 Å². The fourth-order valence-corrected chi connectivity index (χ4v) is 4.73. The number of nitrogens with zero attached hydrogens (tertiary/aromatic N) is 1. The molecule has 0 aliphatic carbocycles. The van der Waals surface area contributed by atoms with Gasteiger partial charge in [-0.2, -0.15) is 0 Å². The van der Waals surface area contributed by atoms with Gasteiger partial charge in [0.25, 0.3) is 15.9 Å². The summed E-state index contributed by atoms with van der Waals surface area (Å²) in [5, 5.41) is 4.36. The Kier molecular flexibility index (Phi) is 6.15. The van der Waals surface area contributed by atoms with E-state index in [1.54, 1.807) is 41.8 Å². The lowest BCUT2D eigenvalue weighted by atomic mass is 10.2. The third-order valence-electron chi connectivity index (χ3n) is 4.17. The molecule has 2 heterocycles. The molecule has 0 spiro atoms. The monoisotopic (exact) mass is 469 g/mol. The Morgan fingerprint density at radius 2 is 1.78 bits per heavy atom. The highest BCUT2D eigenvalue weighted by Crippen LogP contribution is 2.23. The van der Waals surface area contributed by atoms with E-state index in [2.05, 4.69) is 15.0 Å². The zero-order valence-electron chi connectivity index (χ0n) is 16.4. The van der Waals surface area contributed by atoms with Crippen LogP contribution in [0.5, 0.6) is 11.6 Å². The summed E-state index contributed by atoms with van der Waals surface area (Å²) in [6.07, 6.45) is 1.42. The highest BCUT2D eigenvalue weighted by atomic mass is 32.2. The predicted molar refractivity (Wildman–Crippen MR) is 120 cm³/mol. The molecule has 0 aliphatic rings. The standard InChI is InChI=1S/C22H16FN3O4S2/c23-16-6-9-19(10-7-16)30-20-11-8-18(14-24-20)25-22(27)15-3-1-4-17(13-15)26-32(28,29)21-5-2-12-31-21/h1-14,26H,(H,25,27). The topological polar surface area (TPSA) is 97.4 Å². The van der Waals surface area contributed by atoms with E-state index in [9.17, 15) is 17.6 Å². The molecule has 0 saturated carbocycles. The summed E-state index contributed by atoms with van der Waals surface area (Å²) in [6.45, 7) is 0. The van der Waals surface area contributed by atoms with Crippen LogP contribution in [0.4, 0.5) is 15.8 Å². The van der Waals surface area contributed by atoms with Crippen molar-refractivity contribution in [3.63, 3.8) is 0 Å². The Morgan fingerprint density at radius 3 is 2.47 bits per heavy atom. The van der Waals surface area contributed by atoms with Gasteiger partial charge in [0.15, 0.2) is 0 Å². The van der Waals surface area contributed by atoms with Crippen molar-refractivity contribution in [3.05, 3.63) is 95.8 Å². The lowest BCUT2D eigenvalue weighted by Crippen LogP contribution is -2.14. The van der Waals surface area contributed by atoms with Gasteiger partial charge in [0, 0.05) is 17.3 Å². The molecule has 2 N–H and O–H groups in total. The van der Waals surface area contributed by atoms with Crippen LogP contribution in [0.3, 0.4) is 0 Å². The normalized spacial score (nSPS) is 11.0. The van der Waals surface area contributed by atoms with Gasteiger partial charge >= 0.3 is 0 Å². The average Bonchev–Trinajstić information content (AvgIpc) is 3.33. The van der Waals surface area contributed by atoms with Gasteiger partial charge in [-0.1, -0.05) is 12.1 Å². The molecule has 0 bridgehead atoms. The van der Waals surface area contributed by atoms with Crippen molar-refractivity contribution < 1.29 is 22.3 Å². The minimum atomic E-state index is -3.71. The third kappa shape index (κ3) is 5.29. The van der Waals surface area contributed by atoms with Gasteiger partial charge in [-0.3, -0.25) is 9.52 Å². The van der Waals surface area contributed by atoms with Crippen LogP contribution in [-0.2, 0) is 10.0 Å². The maximum atomic E-state index is 13.0. The first-order valence-electron chi connectivity index (χ1n) is 9.26. The van der Waals surface area contributed by atoms with Gasteiger partial charge in [-0.25, -0.2) is 17.8 Å². The van der Waals surface area contributed by atoms with Crippen LogP contribution in [0.1, 0.15) is 10.4 Å². The number of halogens is 1. The van der Waals surface area contributed by atoms with E-state index in [1.165, 1.54) is 42.6 Å². The maximum absolute atomic E-state index is 13.0. The zero-order valence-corrected chi connectivity index (χ0v) is 18.0. The maximum Gasteiger partial charge on any atom is 0.271 e. The molecule has 0 aliphatic heterocycles. The number of anilines is 2. The molecule has 4 rings (SSSR count). The molecule has 7 nitrogen and oxygen atoms in total. The minimum absolute atomic E-state index is 0.182. The quantitative estimate of drug-likeness (QED) is 0.391. The number of ether oxygens (including phenoxy) is 1. The van der Waals surface area contributed by atoms with E-state index >= 15 is 0 Å². The first-order valence-corrected chi connectivity index (χ1v) is 11.6. The molecule has 0 unspecified atom stereocenters. The number of carbonyl (C=O) groups is 1. The van der Waals surface area contributed by atoms with Crippen LogP contribution < -0.4 is 14.8 Å². The van der Waals surface area contributed by atoms with Crippen LogP contribution in [0.25, 0.3) is 0 Å². The van der Waals surface area contributed by atoms with Crippen molar-refractivity contribution in [2.75, 3.05) is 10.0 Å². The Hall–Kier alpha value is -3.76. The van der Waals surface area contributed by atoms with Gasteiger partial charge in [0.1, 0.15) is 15.8 Å². The molecule has 0 saturated heterocycles. The predicted octanol–water partition coefficient (Wildman–Crippen LogP) is 5.13. The first-order chi connectivity index (χ1) is 15.4. The number of sulfonamides is 1. The number of pyridine rings is 1. The van der Waals surface area contributed by atoms with Gasteiger partial charge < -0.3 is 10.1 Å². The van der Waals surface area contributed by atoms with Gasteiger partial charge in [-0.05, 0) is 60.0 Å². The fourth-order valence-electron chi connectivity index (χ4n) is 2.69. The van der Waals surface area contributed by atoms with Crippen LogP contribution in [0, 0.1) is 5.82 Å². The lowest BCUT2D eigenvalue weighted by molar-refractivity contribution is 0.102. The highest BCUT2D eigenvalue weighted by Gasteiger charge is 2.16. The number of thiophene rings is 1. The fraction of sp³-hybridized carbons (Fsp3) is 0. The smallest absolute Gasteiger partial charge is 0.271 e. The molecular formula is C22H16FN3O4S2. The highest BCUT2D eigenvalue weighted by molar-refractivity contribution is 7.94. The second kappa shape index (κ2) is 9.16. The Balaban J connectivity index is 1.41. The molecule has 32 heavy (non-hydrogen) atoms. The van der Waals surface area contributed by atoms with E-state index < -0.39 is 15.9 Å². The molecular weight excluding hydrogens is 453 g/mol. The number of hydrogen-bond acceptors (Lipinski definition) is 6. The van der Waals surface area contributed by atoms with E-state index in [0.29, 0.717) is 11.4 Å². The summed E-state index contributed by atoms with van der Waals surface area (Å²) in [4.78, 5) is 16.7. The van der Waals surface area contributed by atoms with Crippen molar-refractivity contribution in [3.8, 4) is 11.6 Å². The number of rotatable bonds is 7. The van der Waals surface area contributed by atoms with Crippen LogP contribution in [-0.4, -0.2) is 19.3 Å². The van der Waals surface area contributed by atoms with Crippen LogP contribution in [0.15, 0.2) is 88.6 Å². The molecule has 0 atom stereocenters. The van der Waals surface area contributed by atoms with Gasteiger partial charge in [-0.15, -0.1) is 11.3 Å². The summed E-state index contributed by atoms with van der Waals surface area (Å²) in [6, 6.07) is 18.0. The van der Waals surface area contributed by atoms with Crippen molar-refractivity contribution in [1.29, 1.82) is 0 Å². The minimum Gasteiger partial charge on any atom is -0.439 e. The van der Waals surface area contributed by atoms with E-state index in [0.717, 1.165) is 11.3 Å². The second-order valence-corrected chi connectivity index (χ2v) is 9.37. The molecule has 4 aromatic rings. The molecule has 1 amide bonds. The number of carbonyl (C=O) groups excluding carboxylic acids is 1. The largest absolute Gasteiger partial charge is 0.439 e. The van der Waals surface area contributed by atoms with E-state index in [4.69, 9.17) is 4.74 Å². The molecule has 2 aromatic heterocycles. The average molecular weight is 470 g/mol. The summed E-state index contributed by atoms with van der Waals surface area (Å²) in [5.74, 6) is -0.0972. The summed E-state index contributed by atoms with van der Waals surface area (Å²) in [7, 11) is -3.71. The number of benzene rings is 2. The van der Waals surface area contributed by atoms with Crippen LogP contribution >= 0.6 is 11.3 Å². The lowest BCUT2D eigenvalue weighted by Gasteiger charge is -2.09. The van der Waals surface area contributed by atoms with Gasteiger partial charge in [0.05, 0.1) is 11.9 Å². The summed E-state index contributed by atoms with van der Waals surface area (Å²) >= 11 is 1.10. The Labute approximate surface area is 187 Å². The molecule has 2 aromatic carbocycles. The van der Waals surface area contributed by atoms with Crippen molar-refractivity contribution >= 4 is 38.6 Å². The number of aromatic nitrogens is 1. The molecule has 10 heteroatoms. The van der Waals surface area contributed by atoms with E-state index in [-0.39, 0.29) is 27.2 Å². The first kappa shape index (κ1) is 21.5. The summed E-state index contributed by atoms with van der Waals surface area (Å²) < 4.78 is 45.9. The molecule has 0 radical (unpaired) electrons. The SMILES string of the molecule is O=C(Nc1ccc(Oc2ccc(F)cc2)nc1)c1cccc(NS(=O)(=O)c2cccs2)c1. The van der Waals surface area contributed by atoms with Crippen molar-refractivity contribution in [2.45, 2.75) is 4.21 Å². The second-order valence-electron chi connectivity index (χ2n) is 6.51. The molecule has 0 fully saturated rings. The van der Waals surface area contributed by atoms with E-state index in [1.807, 2.05) is 0 Å². The molecule has 162 valence electrons. The Morgan fingerprint density at radius 1 is 0.969 bits per heavy atom. The zero-order chi connectivity index (χ0) is 22.6.